The van der Waals surface area contributed by atoms with E-state index in [1.54, 1.807) is 6.07 Å². The number of amides is 1. The van der Waals surface area contributed by atoms with Crippen LogP contribution in [0, 0.1) is 5.82 Å². The lowest BCUT2D eigenvalue weighted by Crippen LogP contribution is -2.25. The van der Waals surface area contributed by atoms with E-state index in [4.69, 9.17) is 0 Å². The van der Waals surface area contributed by atoms with Crippen molar-refractivity contribution in [3.8, 4) is 0 Å². The minimum absolute atomic E-state index is 0.379. The van der Waals surface area contributed by atoms with Crippen LogP contribution in [0.25, 0.3) is 0 Å². The van der Waals surface area contributed by atoms with Crippen LogP contribution in [0.1, 0.15) is 12.0 Å². The number of anilines is 1. The Balaban J connectivity index is 2.38. The van der Waals surface area contributed by atoms with Crippen molar-refractivity contribution in [1.29, 1.82) is 0 Å². The second-order valence-electron chi connectivity index (χ2n) is 3.35. The molecule has 1 aromatic rings. The fourth-order valence-corrected chi connectivity index (χ4v) is 1.52. The lowest BCUT2D eigenvalue weighted by atomic mass is 10.1. The van der Waals surface area contributed by atoms with Gasteiger partial charge in [0.1, 0.15) is 11.9 Å². The number of hydrogen-bond donors (Lipinski definition) is 2. The smallest absolute Gasteiger partial charge is 0.253 e. The van der Waals surface area contributed by atoms with E-state index in [9.17, 15) is 14.3 Å². The van der Waals surface area contributed by atoms with E-state index in [2.05, 4.69) is 5.32 Å². The van der Waals surface area contributed by atoms with Crippen molar-refractivity contribution in [2.75, 3.05) is 5.32 Å². The van der Waals surface area contributed by atoms with Gasteiger partial charge < -0.3 is 10.4 Å². The number of aliphatic hydroxyl groups excluding tert-OH is 1. The summed E-state index contributed by atoms with van der Waals surface area (Å²) in [6.45, 7) is 0. The number of carbonyl (C=O) groups is 1. The Kier molecular flexibility index (Phi) is 2.21. The fourth-order valence-electron chi connectivity index (χ4n) is 1.52. The summed E-state index contributed by atoms with van der Waals surface area (Å²) in [6, 6.07) is 4.25. The predicted molar refractivity (Wildman–Crippen MR) is 49.4 cm³/mol. The summed E-state index contributed by atoms with van der Waals surface area (Å²) in [5.74, 6) is -0.852. The number of carbonyl (C=O) groups excluding carboxylic acids is 1. The summed E-state index contributed by atoms with van der Waals surface area (Å²) >= 11 is 0. The van der Waals surface area contributed by atoms with Crippen molar-refractivity contribution >= 4 is 11.6 Å². The maximum Gasteiger partial charge on any atom is 0.253 e. The molecule has 1 aliphatic rings. The van der Waals surface area contributed by atoms with Crippen molar-refractivity contribution in [3.63, 3.8) is 0 Å². The summed E-state index contributed by atoms with van der Waals surface area (Å²) in [5, 5.41) is 11.8. The molecule has 3 nitrogen and oxygen atoms in total. The molecule has 1 unspecified atom stereocenters. The zero-order valence-corrected chi connectivity index (χ0v) is 7.46. The molecule has 0 aromatic heterocycles. The van der Waals surface area contributed by atoms with Gasteiger partial charge in [0.25, 0.3) is 5.91 Å². The highest BCUT2D eigenvalue weighted by molar-refractivity contribution is 5.95. The molecule has 1 aliphatic heterocycles. The molecule has 0 saturated heterocycles. The van der Waals surface area contributed by atoms with Crippen LogP contribution in [0.5, 0.6) is 0 Å². The Bertz CT molecular complexity index is 378. The van der Waals surface area contributed by atoms with E-state index < -0.39 is 12.0 Å². The molecule has 14 heavy (non-hydrogen) atoms. The van der Waals surface area contributed by atoms with Crippen LogP contribution in [0.15, 0.2) is 18.2 Å². The zero-order valence-electron chi connectivity index (χ0n) is 7.46. The third-order valence-electron chi connectivity index (χ3n) is 2.32. The van der Waals surface area contributed by atoms with Crippen LogP contribution < -0.4 is 5.32 Å². The monoisotopic (exact) mass is 195 g/mol. The summed E-state index contributed by atoms with van der Waals surface area (Å²) in [5.41, 5.74) is 1.32. The van der Waals surface area contributed by atoms with E-state index in [-0.39, 0.29) is 5.82 Å². The Morgan fingerprint density at radius 1 is 1.50 bits per heavy atom. The number of benzene rings is 1. The molecular formula is C10H10FNO2. The van der Waals surface area contributed by atoms with Gasteiger partial charge >= 0.3 is 0 Å². The molecule has 1 amide bonds. The SMILES string of the molecule is O=C1Nc2cc(F)ccc2CCC1O. The largest absolute Gasteiger partial charge is 0.383 e. The maximum atomic E-state index is 12.8. The highest BCUT2D eigenvalue weighted by Gasteiger charge is 2.21. The first kappa shape index (κ1) is 9.15. The molecule has 2 rings (SSSR count). The van der Waals surface area contributed by atoms with E-state index >= 15 is 0 Å². The Labute approximate surface area is 80.6 Å². The van der Waals surface area contributed by atoms with Gasteiger partial charge in [-0.2, -0.15) is 0 Å². The Hall–Kier alpha value is -1.42. The Morgan fingerprint density at radius 3 is 3.07 bits per heavy atom. The van der Waals surface area contributed by atoms with Crippen LogP contribution >= 0.6 is 0 Å². The van der Waals surface area contributed by atoms with Crippen molar-refractivity contribution in [3.05, 3.63) is 29.6 Å². The number of aliphatic hydroxyl groups is 1. The van der Waals surface area contributed by atoms with Gasteiger partial charge in [-0.1, -0.05) is 6.07 Å². The molecule has 0 fully saturated rings. The lowest BCUT2D eigenvalue weighted by Gasteiger charge is -2.06. The summed E-state index contributed by atoms with van der Waals surface area (Å²) in [6.07, 6.45) is -0.0366. The Morgan fingerprint density at radius 2 is 2.29 bits per heavy atom. The number of rotatable bonds is 0. The second kappa shape index (κ2) is 3.38. The molecular weight excluding hydrogens is 185 g/mol. The van der Waals surface area contributed by atoms with E-state index in [0.29, 0.717) is 18.5 Å². The van der Waals surface area contributed by atoms with Gasteiger partial charge in [0, 0.05) is 5.69 Å². The number of hydrogen-bond acceptors (Lipinski definition) is 2. The summed E-state index contributed by atoms with van der Waals surface area (Å²) in [4.78, 5) is 11.2. The summed E-state index contributed by atoms with van der Waals surface area (Å²) in [7, 11) is 0. The molecule has 1 aromatic carbocycles. The van der Waals surface area contributed by atoms with Gasteiger partial charge in [0.05, 0.1) is 0 Å². The number of fused-ring (bicyclic) bond motifs is 1. The topological polar surface area (TPSA) is 49.3 Å². The van der Waals surface area contributed by atoms with Gasteiger partial charge in [-0.3, -0.25) is 4.79 Å². The highest BCUT2D eigenvalue weighted by atomic mass is 19.1. The molecule has 0 spiro atoms. The molecule has 74 valence electrons. The normalized spacial score (nSPS) is 21.0. The second-order valence-corrected chi connectivity index (χ2v) is 3.35. The van der Waals surface area contributed by atoms with E-state index in [1.807, 2.05) is 0 Å². The number of halogens is 1. The third-order valence-corrected chi connectivity index (χ3v) is 2.32. The first-order valence-corrected chi connectivity index (χ1v) is 4.44. The summed E-state index contributed by atoms with van der Waals surface area (Å²) < 4.78 is 12.8. The average molecular weight is 195 g/mol. The molecule has 1 heterocycles. The number of nitrogens with one attached hydrogen (secondary N) is 1. The standard InChI is InChI=1S/C10H10FNO2/c11-7-3-1-6-2-4-9(13)10(14)12-8(6)5-7/h1,3,5,9,13H,2,4H2,(H,12,14). The van der Waals surface area contributed by atoms with Gasteiger partial charge in [-0.05, 0) is 30.5 Å². The quantitative estimate of drug-likeness (QED) is 0.650. The molecule has 1 atom stereocenters. The van der Waals surface area contributed by atoms with Crippen molar-refractivity contribution in [1.82, 2.24) is 0 Å². The van der Waals surface area contributed by atoms with Crippen molar-refractivity contribution in [2.24, 2.45) is 0 Å². The van der Waals surface area contributed by atoms with Crippen molar-refractivity contribution < 1.29 is 14.3 Å². The molecule has 2 N–H and O–H groups in total. The van der Waals surface area contributed by atoms with Crippen molar-refractivity contribution in [2.45, 2.75) is 18.9 Å². The first-order valence-electron chi connectivity index (χ1n) is 4.44. The minimum atomic E-state index is -0.995. The molecule has 0 bridgehead atoms. The van der Waals surface area contributed by atoms with Gasteiger partial charge in [-0.25, -0.2) is 4.39 Å². The van der Waals surface area contributed by atoms with Crippen LogP contribution in [0.3, 0.4) is 0 Å². The first-order chi connectivity index (χ1) is 6.66. The highest BCUT2D eigenvalue weighted by Crippen LogP contribution is 2.22. The minimum Gasteiger partial charge on any atom is -0.383 e. The van der Waals surface area contributed by atoms with Crippen LogP contribution in [-0.2, 0) is 11.2 Å². The molecule has 0 radical (unpaired) electrons. The van der Waals surface area contributed by atoms with E-state index in [1.165, 1.54) is 12.1 Å². The molecule has 4 heteroatoms. The van der Waals surface area contributed by atoms with Gasteiger partial charge in [0.2, 0.25) is 0 Å². The zero-order chi connectivity index (χ0) is 10.1. The lowest BCUT2D eigenvalue weighted by molar-refractivity contribution is -0.124. The van der Waals surface area contributed by atoms with Crippen LogP contribution in [0.4, 0.5) is 10.1 Å². The fraction of sp³-hybridized carbons (Fsp3) is 0.300. The predicted octanol–water partition coefficient (Wildman–Crippen LogP) is 1.07. The maximum absolute atomic E-state index is 12.8. The average Bonchev–Trinajstić information content (AvgIpc) is 2.27. The van der Waals surface area contributed by atoms with Crippen LogP contribution in [-0.4, -0.2) is 17.1 Å². The van der Waals surface area contributed by atoms with Gasteiger partial charge in [-0.15, -0.1) is 0 Å². The third kappa shape index (κ3) is 1.61. The molecule has 0 saturated carbocycles. The van der Waals surface area contributed by atoms with Gasteiger partial charge in [0.15, 0.2) is 0 Å². The van der Waals surface area contributed by atoms with Crippen LogP contribution in [0.2, 0.25) is 0 Å². The number of aryl methyl sites for hydroxylation is 1. The molecule has 0 aliphatic carbocycles. The van der Waals surface area contributed by atoms with E-state index in [0.717, 1.165) is 5.56 Å².